The third-order valence-corrected chi connectivity index (χ3v) is 3.29. The number of ether oxygens (including phenoxy) is 2. The Kier molecular flexibility index (Phi) is 4.64. The predicted octanol–water partition coefficient (Wildman–Crippen LogP) is 1.80. The molecule has 0 aromatic carbocycles. The fraction of sp³-hybridized carbons (Fsp3) is 1.00. The number of halogens is 2. The van der Waals surface area contributed by atoms with Gasteiger partial charge in [0.1, 0.15) is 11.2 Å². The van der Waals surface area contributed by atoms with Gasteiger partial charge in [0.25, 0.3) is 0 Å². The number of alkyl halides is 2. The Morgan fingerprint density at radius 1 is 1.07 bits per heavy atom. The highest BCUT2D eigenvalue weighted by Crippen LogP contribution is 2.43. The predicted molar refractivity (Wildman–Crippen MR) is 55.1 cm³/mol. The van der Waals surface area contributed by atoms with Crippen molar-refractivity contribution in [1.29, 1.82) is 0 Å². The second kappa shape index (κ2) is 4.72. The van der Waals surface area contributed by atoms with Gasteiger partial charge in [-0.3, -0.25) is 0 Å². The monoisotopic (exact) mass is 225 g/mol. The van der Waals surface area contributed by atoms with Crippen molar-refractivity contribution in [2.75, 3.05) is 20.8 Å². The number of hydrogen-bond acceptors (Lipinski definition) is 3. The largest absolute Gasteiger partial charge is 0.372 e. The maximum absolute atomic E-state index is 14.2. The fourth-order valence-electron chi connectivity index (χ4n) is 1.39. The van der Waals surface area contributed by atoms with E-state index < -0.39 is 17.1 Å². The summed E-state index contributed by atoms with van der Waals surface area (Å²) in [7, 11) is 2.50. The van der Waals surface area contributed by atoms with Crippen molar-refractivity contribution in [3.05, 3.63) is 0 Å². The Balaban J connectivity index is 5.25. The van der Waals surface area contributed by atoms with Crippen molar-refractivity contribution >= 4 is 0 Å². The lowest BCUT2D eigenvalue weighted by molar-refractivity contribution is -0.275. The topological polar surface area (TPSA) is 44.5 Å². The van der Waals surface area contributed by atoms with Gasteiger partial charge in [-0.2, -0.15) is 0 Å². The molecule has 0 saturated heterocycles. The first kappa shape index (κ1) is 14.7. The molecule has 0 radical (unpaired) electrons. The second-order valence-corrected chi connectivity index (χ2v) is 4.00. The summed E-state index contributed by atoms with van der Waals surface area (Å²) in [6.07, 6.45) is 0.176. The molecule has 0 saturated carbocycles. The van der Waals surface area contributed by atoms with Crippen LogP contribution < -0.4 is 5.73 Å². The molecular weight excluding hydrogens is 204 g/mol. The van der Waals surface area contributed by atoms with Crippen LogP contribution in [0.25, 0.3) is 0 Å². The van der Waals surface area contributed by atoms with E-state index in [0.717, 1.165) is 0 Å². The Labute approximate surface area is 89.9 Å². The summed E-state index contributed by atoms with van der Waals surface area (Å²) in [6, 6.07) is 0. The van der Waals surface area contributed by atoms with Gasteiger partial charge in [0, 0.05) is 20.8 Å². The zero-order valence-corrected chi connectivity index (χ0v) is 10.1. The minimum atomic E-state index is -3.16. The van der Waals surface area contributed by atoms with Gasteiger partial charge in [0.2, 0.25) is 0 Å². The minimum absolute atomic E-state index is 0.176. The molecule has 2 unspecified atom stereocenters. The summed E-state index contributed by atoms with van der Waals surface area (Å²) in [6.45, 7) is 4.03. The molecule has 0 bridgehead atoms. The molecule has 0 aliphatic carbocycles. The number of nitrogens with two attached hydrogens (primary N) is 1. The Morgan fingerprint density at radius 2 is 1.47 bits per heavy atom. The summed E-state index contributed by atoms with van der Waals surface area (Å²) >= 11 is 0. The Bertz CT molecular complexity index is 182. The van der Waals surface area contributed by atoms with E-state index in [1.807, 2.05) is 0 Å². The highest BCUT2D eigenvalue weighted by molar-refractivity contribution is 5.03. The lowest BCUT2D eigenvalue weighted by Gasteiger charge is -2.45. The molecule has 0 aromatic heterocycles. The molecule has 3 nitrogen and oxygen atoms in total. The van der Waals surface area contributed by atoms with Crippen molar-refractivity contribution in [2.24, 2.45) is 5.73 Å². The second-order valence-electron chi connectivity index (χ2n) is 4.00. The van der Waals surface area contributed by atoms with E-state index in [2.05, 4.69) is 0 Å². The van der Waals surface area contributed by atoms with Gasteiger partial charge in [-0.15, -0.1) is 0 Å². The van der Waals surface area contributed by atoms with E-state index >= 15 is 0 Å². The van der Waals surface area contributed by atoms with Crippen molar-refractivity contribution in [2.45, 2.75) is 44.3 Å². The molecule has 0 aliphatic heterocycles. The molecular formula is C10H21F2NO2. The van der Waals surface area contributed by atoms with Crippen LogP contribution in [0.4, 0.5) is 8.78 Å². The van der Waals surface area contributed by atoms with Gasteiger partial charge >= 0.3 is 5.92 Å². The molecule has 0 rings (SSSR count). The van der Waals surface area contributed by atoms with Crippen LogP contribution in [0.3, 0.4) is 0 Å². The number of methoxy groups -OCH3 is 2. The van der Waals surface area contributed by atoms with Crippen molar-refractivity contribution in [3.63, 3.8) is 0 Å². The van der Waals surface area contributed by atoms with Crippen LogP contribution in [0.15, 0.2) is 0 Å². The minimum Gasteiger partial charge on any atom is -0.372 e. The third-order valence-electron chi connectivity index (χ3n) is 3.29. The molecule has 0 heterocycles. The highest BCUT2D eigenvalue weighted by atomic mass is 19.3. The number of hydrogen-bond donors (Lipinski definition) is 1. The quantitative estimate of drug-likeness (QED) is 0.749. The van der Waals surface area contributed by atoms with Gasteiger partial charge in [0.05, 0.1) is 0 Å². The molecule has 15 heavy (non-hydrogen) atoms. The van der Waals surface area contributed by atoms with E-state index in [-0.39, 0.29) is 13.0 Å². The highest BCUT2D eigenvalue weighted by Gasteiger charge is 2.61. The van der Waals surface area contributed by atoms with Crippen LogP contribution in [0.1, 0.15) is 27.2 Å². The van der Waals surface area contributed by atoms with Crippen molar-refractivity contribution in [1.82, 2.24) is 0 Å². The van der Waals surface area contributed by atoms with Gasteiger partial charge in [0.15, 0.2) is 0 Å². The molecule has 0 aliphatic rings. The summed E-state index contributed by atoms with van der Waals surface area (Å²) in [5, 5.41) is 0. The van der Waals surface area contributed by atoms with Crippen LogP contribution in [0, 0.1) is 0 Å². The number of rotatable bonds is 6. The summed E-state index contributed by atoms with van der Waals surface area (Å²) in [5.74, 6) is -3.16. The maximum Gasteiger partial charge on any atom is 0.305 e. The molecule has 0 fully saturated rings. The molecule has 2 N–H and O–H groups in total. The molecule has 0 spiro atoms. The van der Waals surface area contributed by atoms with Gasteiger partial charge in [-0.1, -0.05) is 6.92 Å². The lowest BCUT2D eigenvalue weighted by Crippen LogP contribution is -2.64. The summed E-state index contributed by atoms with van der Waals surface area (Å²) in [4.78, 5) is 0. The fourth-order valence-corrected chi connectivity index (χ4v) is 1.39. The average molecular weight is 225 g/mol. The standard InChI is InChI=1S/C10H21F2NO2/c1-6-8(2,14-4)10(11,12)9(3,7-13)15-5/h6-7,13H2,1-5H3. The zero-order chi connectivity index (χ0) is 12.3. The summed E-state index contributed by atoms with van der Waals surface area (Å²) < 4.78 is 38.1. The van der Waals surface area contributed by atoms with Crippen LogP contribution in [-0.2, 0) is 9.47 Å². The molecule has 5 heteroatoms. The lowest BCUT2D eigenvalue weighted by atomic mass is 9.82. The smallest absolute Gasteiger partial charge is 0.305 e. The molecule has 0 aromatic rings. The van der Waals surface area contributed by atoms with Gasteiger partial charge < -0.3 is 15.2 Å². The SMILES string of the molecule is CCC(C)(OC)C(F)(F)C(C)(CN)OC. The van der Waals surface area contributed by atoms with Gasteiger partial charge in [-0.05, 0) is 20.3 Å². The first-order chi connectivity index (χ1) is 6.74. The van der Waals surface area contributed by atoms with Crippen LogP contribution >= 0.6 is 0 Å². The van der Waals surface area contributed by atoms with Crippen LogP contribution in [0.5, 0.6) is 0 Å². The van der Waals surface area contributed by atoms with Crippen LogP contribution in [-0.4, -0.2) is 37.9 Å². The van der Waals surface area contributed by atoms with Gasteiger partial charge in [-0.25, -0.2) is 8.78 Å². The zero-order valence-electron chi connectivity index (χ0n) is 10.1. The average Bonchev–Trinajstić information content (AvgIpc) is 2.26. The third kappa shape index (κ3) is 2.14. The Morgan fingerprint density at radius 3 is 1.67 bits per heavy atom. The molecule has 0 amide bonds. The van der Waals surface area contributed by atoms with E-state index in [4.69, 9.17) is 15.2 Å². The summed E-state index contributed by atoms with van der Waals surface area (Å²) in [5.41, 5.74) is 2.06. The van der Waals surface area contributed by atoms with Crippen molar-refractivity contribution in [3.8, 4) is 0 Å². The van der Waals surface area contributed by atoms with E-state index in [0.29, 0.717) is 0 Å². The van der Waals surface area contributed by atoms with E-state index in [9.17, 15) is 8.78 Å². The van der Waals surface area contributed by atoms with E-state index in [1.54, 1.807) is 6.92 Å². The first-order valence-corrected chi connectivity index (χ1v) is 4.93. The molecule has 92 valence electrons. The Hall–Kier alpha value is -0.260. The first-order valence-electron chi connectivity index (χ1n) is 4.93. The van der Waals surface area contributed by atoms with Crippen molar-refractivity contribution < 1.29 is 18.3 Å². The van der Waals surface area contributed by atoms with E-state index in [1.165, 1.54) is 28.1 Å². The maximum atomic E-state index is 14.2. The normalized spacial score (nSPS) is 20.8. The van der Waals surface area contributed by atoms with Crippen LogP contribution in [0.2, 0.25) is 0 Å². The molecule has 2 atom stereocenters.